The Morgan fingerprint density at radius 3 is 2.65 bits per heavy atom. The highest BCUT2D eigenvalue weighted by Gasteiger charge is 2.29. The van der Waals surface area contributed by atoms with Crippen LogP contribution in [0.1, 0.15) is 37.8 Å². The van der Waals surface area contributed by atoms with Gasteiger partial charge in [-0.15, -0.1) is 5.10 Å². The molecule has 5 aromatic rings. The Labute approximate surface area is 255 Å². The van der Waals surface area contributed by atoms with Gasteiger partial charge in [-0.3, -0.25) is 10.0 Å². The highest BCUT2D eigenvalue weighted by atomic mass is 35.5. The summed E-state index contributed by atoms with van der Waals surface area (Å²) in [7, 11) is 0. The minimum Gasteiger partial charge on any atom is -0.447 e. The number of benzene rings is 2. The maximum Gasteiger partial charge on any atom is 0.438 e. The van der Waals surface area contributed by atoms with Crippen LogP contribution in [0, 0.1) is 5.92 Å². The molecule has 1 amide bonds. The number of anilines is 1. The average Bonchev–Trinajstić information content (AvgIpc) is 3.76. The van der Waals surface area contributed by atoms with E-state index in [0.717, 1.165) is 11.3 Å². The fourth-order valence-corrected chi connectivity index (χ4v) is 5.52. The first-order valence-electron chi connectivity index (χ1n) is 13.5. The van der Waals surface area contributed by atoms with Gasteiger partial charge in [0, 0.05) is 27.9 Å². The van der Waals surface area contributed by atoms with Gasteiger partial charge in [-0.25, -0.2) is 9.78 Å². The number of imidazole rings is 1. The number of nitrogens with zero attached hydrogens (tertiary/aromatic N) is 7. The normalized spacial score (nSPS) is 14.2. The molecule has 43 heavy (non-hydrogen) atoms. The van der Waals surface area contributed by atoms with E-state index in [1.54, 1.807) is 53.1 Å². The van der Waals surface area contributed by atoms with Crippen molar-refractivity contribution in [2.45, 2.75) is 32.7 Å². The highest BCUT2D eigenvalue weighted by molar-refractivity contribution is 6.32. The number of hydroxylamine groups is 1. The Hall–Kier alpha value is -4.52. The van der Waals surface area contributed by atoms with Gasteiger partial charge < -0.3 is 14.3 Å². The summed E-state index contributed by atoms with van der Waals surface area (Å²) in [5, 5.41) is 22.9. The number of rotatable bonds is 7. The van der Waals surface area contributed by atoms with E-state index in [4.69, 9.17) is 32.9 Å². The number of amides is 1. The Balaban J connectivity index is 1.27. The van der Waals surface area contributed by atoms with Crippen LogP contribution in [0.2, 0.25) is 10.2 Å². The van der Waals surface area contributed by atoms with E-state index in [9.17, 15) is 14.8 Å². The summed E-state index contributed by atoms with van der Waals surface area (Å²) in [5.41, 5.74) is 4.16. The number of pyridine rings is 1. The van der Waals surface area contributed by atoms with E-state index in [0.29, 0.717) is 56.4 Å². The van der Waals surface area contributed by atoms with Crippen LogP contribution in [-0.2, 0) is 11.2 Å². The van der Waals surface area contributed by atoms with E-state index in [1.165, 1.54) is 11.0 Å². The number of aromatic nitrogens is 7. The lowest BCUT2D eigenvalue weighted by Crippen LogP contribution is -2.28. The van der Waals surface area contributed by atoms with Crippen molar-refractivity contribution in [1.29, 1.82) is 0 Å². The van der Waals surface area contributed by atoms with Crippen molar-refractivity contribution in [3.8, 4) is 28.1 Å². The molecule has 0 unspecified atom stereocenters. The zero-order chi connectivity index (χ0) is 30.2. The van der Waals surface area contributed by atoms with Crippen LogP contribution >= 0.6 is 23.2 Å². The molecule has 0 saturated carbocycles. The fourth-order valence-electron chi connectivity index (χ4n) is 5.10. The lowest BCUT2D eigenvalue weighted by molar-refractivity contribution is 0.110. The Morgan fingerprint density at radius 1 is 1.14 bits per heavy atom. The van der Waals surface area contributed by atoms with Gasteiger partial charge in [-0.2, -0.15) is 9.75 Å². The van der Waals surface area contributed by atoms with E-state index in [1.807, 2.05) is 19.9 Å². The predicted molar refractivity (Wildman–Crippen MR) is 160 cm³/mol. The number of nitrogens with one attached hydrogen (secondary N) is 1. The number of hydrogen-bond donors (Lipinski definition) is 2. The molecule has 14 heteroatoms. The first kappa shape index (κ1) is 28.6. The molecule has 0 radical (unpaired) electrons. The minimum absolute atomic E-state index is 0.138. The number of aromatic amines is 1. The molecule has 6 rings (SSSR count). The molecule has 1 atom stereocenters. The number of fused-ring (bicyclic) bond motifs is 1. The lowest BCUT2D eigenvalue weighted by atomic mass is 10.0. The summed E-state index contributed by atoms with van der Waals surface area (Å²) in [6.45, 7) is 4.00. The standard InChI is InChI=1S/C29H26Cl2N8O4/c1-16(2)14-43-29(41)39(42)20-6-3-17(4-7-20)26-27(31)34-28(33-26)24-10-8-21-11-18(12-25(40)38(21)24)22-13-19(30)5-9-23(22)37-15-32-35-36-37/h3-7,9,11-13,15-16,24,42H,8,10,14H2,1-2H3,(H,33,34)/t24-/m0/s1. The number of carbonyl (C=O) groups excluding carboxylic acids is 1. The number of ether oxygens (including phenoxy) is 1. The van der Waals surface area contributed by atoms with Crippen molar-refractivity contribution >= 4 is 35.0 Å². The van der Waals surface area contributed by atoms with Gasteiger partial charge in [0.25, 0.3) is 5.56 Å². The third-order valence-electron chi connectivity index (χ3n) is 7.09. The quantitative estimate of drug-likeness (QED) is 0.174. The molecule has 0 bridgehead atoms. The number of H-pyrrole nitrogens is 1. The number of aryl methyl sites for hydroxylation is 1. The molecule has 2 aromatic carbocycles. The van der Waals surface area contributed by atoms with Gasteiger partial charge in [0.15, 0.2) is 0 Å². The third kappa shape index (κ3) is 5.64. The maximum absolute atomic E-state index is 13.5. The Kier molecular flexibility index (Phi) is 7.74. The monoisotopic (exact) mass is 620 g/mol. The van der Waals surface area contributed by atoms with Crippen molar-refractivity contribution in [3.63, 3.8) is 0 Å². The summed E-state index contributed by atoms with van der Waals surface area (Å²) in [5.74, 6) is 0.690. The number of hydrogen-bond acceptors (Lipinski definition) is 8. The topological polar surface area (TPSA) is 144 Å². The van der Waals surface area contributed by atoms with E-state index >= 15 is 0 Å². The minimum atomic E-state index is -0.864. The van der Waals surface area contributed by atoms with Gasteiger partial charge in [0.05, 0.1) is 24.0 Å². The number of tetrazole rings is 1. The van der Waals surface area contributed by atoms with Gasteiger partial charge >= 0.3 is 6.09 Å². The zero-order valence-electron chi connectivity index (χ0n) is 23.1. The Bertz CT molecular complexity index is 1850. The first-order valence-corrected chi connectivity index (χ1v) is 14.3. The zero-order valence-corrected chi connectivity index (χ0v) is 24.6. The van der Waals surface area contributed by atoms with Gasteiger partial charge in [0.2, 0.25) is 0 Å². The van der Waals surface area contributed by atoms with Crippen molar-refractivity contribution in [3.05, 3.63) is 93.0 Å². The number of halogens is 2. The second kappa shape index (κ2) is 11.6. The molecule has 0 fully saturated rings. The first-order chi connectivity index (χ1) is 20.7. The SMILES string of the molecule is CC(C)COC(=O)N(O)c1ccc(-c2nc([C@@H]3CCc4cc(-c5cc(Cl)ccc5-n5cnnn5)cc(=O)n43)[nH]c2Cl)cc1. The molecule has 0 spiro atoms. The van der Waals surface area contributed by atoms with E-state index < -0.39 is 6.09 Å². The molecule has 1 aliphatic heterocycles. The van der Waals surface area contributed by atoms with Crippen molar-refractivity contribution < 1.29 is 14.7 Å². The maximum atomic E-state index is 13.5. The molecule has 4 heterocycles. The largest absolute Gasteiger partial charge is 0.447 e. The molecule has 0 aliphatic carbocycles. The summed E-state index contributed by atoms with van der Waals surface area (Å²) in [4.78, 5) is 33.5. The fraction of sp³-hybridized carbons (Fsp3) is 0.241. The molecular weight excluding hydrogens is 595 g/mol. The van der Waals surface area contributed by atoms with Gasteiger partial charge in [0.1, 0.15) is 23.0 Å². The lowest BCUT2D eigenvalue weighted by Gasteiger charge is -2.16. The molecule has 2 N–H and O–H groups in total. The smallest absolute Gasteiger partial charge is 0.438 e. The van der Waals surface area contributed by atoms with Gasteiger partial charge in [-0.1, -0.05) is 49.2 Å². The summed E-state index contributed by atoms with van der Waals surface area (Å²) >= 11 is 12.9. The molecule has 220 valence electrons. The van der Waals surface area contributed by atoms with Crippen LogP contribution in [0.4, 0.5) is 10.5 Å². The van der Waals surface area contributed by atoms with E-state index in [2.05, 4.69) is 20.5 Å². The molecular formula is C29H26Cl2N8O4. The molecule has 1 aliphatic rings. The summed E-state index contributed by atoms with van der Waals surface area (Å²) in [6, 6.07) is 15.0. The average molecular weight is 621 g/mol. The molecule has 0 saturated heterocycles. The molecule has 3 aromatic heterocycles. The van der Waals surface area contributed by atoms with Crippen LogP contribution in [0.25, 0.3) is 28.1 Å². The van der Waals surface area contributed by atoms with Crippen molar-refractivity contribution in [2.75, 3.05) is 11.7 Å². The highest BCUT2D eigenvalue weighted by Crippen LogP contribution is 2.36. The van der Waals surface area contributed by atoms with Gasteiger partial charge in [-0.05, 0) is 71.1 Å². The summed E-state index contributed by atoms with van der Waals surface area (Å²) < 4.78 is 8.31. The number of carbonyl (C=O) groups is 1. The third-order valence-corrected chi connectivity index (χ3v) is 7.60. The van der Waals surface area contributed by atoms with Crippen molar-refractivity contribution in [1.82, 2.24) is 34.7 Å². The van der Waals surface area contributed by atoms with Crippen LogP contribution in [0.5, 0.6) is 0 Å². The summed E-state index contributed by atoms with van der Waals surface area (Å²) in [6.07, 6.45) is 1.91. The van der Waals surface area contributed by atoms with Crippen LogP contribution in [0.3, 0.4) is 0 Å². The van der Waals surface area contributed by atoms with Crippen LogP contribution in [-0.4, -0.2) is 52.6 Å². The van der Waals surface area contributed by atoms with Crippen LogP contribution in [0.15, 0.2) is 65.7 Å². The molecule has 12 nitrogen and oxygen atoms in total. The second-order valence-electron chi connectivity index (χ2n) is 10.5. The van der Waals surface area contributed by atoms with E-state index in [-0.39, 0.29) is 29.8 Å². The second-order valence-corrected chi connectivity index (χ2v) is 11.3. The predicted octanol–water partition coefficient (Wildman–Crippen LogP) is 5.71. The Morgan fingerprint density at radius 2 is 1.93 bits per heavy atom. The van der Waals surface area contributed by atoms with Crippen LogP contribution < -0.4 is 10.6 Å². The van der Waals surface area contributed by atoms with Crippen molar-refractivity contribution in [2.24, 2.45) is 5.92 Å².